The van der Waals surface area contributed by atoms with Gasteiger partial charge in [0.15, 0.2) is 0 Å². The molecule has 1 aliphatic rings. The Bertz CT molecular complexity index is 1930. The summed E-state index contributed by atoms with van der Waals surface area (Å²) >= 11 is 0. The minimum absolute atomic E-state index is 0.0436. The van der Waals surface area contributed by atoms with Gasteiger partial charge in [-0.25, -0.2) is 9.59 Å². The lowest BCUT2D eigenvalue weighted by molar-refractivity contribution is -0.142. The molecule has 306 valence electrons. The first-order valence-electron chi connectivity index (χ1n) is 19.9. The molecular formula is C45H54N6O7. The summed E-state index contributed by atoms with van der Waals surface area (Å²) < 4.78 is 5.80. The van der Waals surface area contributed by atoms with Crippen molar-refractivity contribution in [2.75, 3.05) is 19.7 Å². The fourth-order valence-corrected chi connectivity index (χ4v) is 7.23. The van der Waals surface area contributed by atoms with Crippen molar-refractivity contribution < 1.29 is 33.8 Å². The summed E-state index contributed by atoms with van der Waals surface area (Å²) in [5.41, 5.74) is 17.1. The van der Waals surface area contributed by atoms with Gasteiger partial charge in [-0.1, -0.05) is 109 Å². The van der Waals surface area contributed by atoms with Crippen LogP contribution in [0.2, 0.25) is 0 Å². The van der Waals surface area contributed by atoms with Crippen LogP contribution in [0.25, 0.3) is 11.1 Å². The highest BCUT2D eigenvalue weighted by atomic mass is 16.5. The second-order valence-corrected chi connectivity index (χ2v) is 14.5. The summed E-state index contributed by atoms with van der Waals surface area (Å²) in [7, 11) is 0. The summed E-state index contributed by atoms with van der Waals surface area (Å²) in [5.74, 6) is -3.33. The van der Waals surface area contributed by atoms with E-state index in [0.717, 1.165) is 33.4 Å². The molecule has 0 spiro atoms. The number of carboxylic acid groups (broad SMARTS) is 1. The molecule has 5 rings (SSSR count). The number of nitrogens with one attached hydrogen (secondary N) is 4. The molecule has 1 aliphatic carbocycles. The molecule has 9 N–H and O–H groups in total. The van der Waals surface area contributed by atoms with Gasteiger partial charge in [0, 0.05) is 18.8 Å². The first kappa shape index (κ1) is 43.1. The van der Waals surface area contributed by atoms with Crippen molar-refractivity contribution in [2.45, 2.75) is 81.5 Å². The van der Waals surface area contributed by atoms with Crippen LogP contribution in [-0.4, -0.2) is 78.8 Å². The second-order valence-electron chi connectivity index (χ2n) is 14.5. The maximum Gasteiger partial charge on any atom is 0.407 e. The lowest BCUT2D eigenvalue weighted by Gasteiger charge is -2.26. The van der Waals surface area contributed by atoms with E-state index in [1.807, 2.05) is 109 Å². The molecule has 4 atom stereocenters. The third-order valence-corrected chi connectivity index (χ3v) is 10.3. The molecule has 0 aliphatic heterocycles. The molecule has 58 heavy (non-hydrogen) atoms. The summed E-state index contributed by atoms with van der Waals surface area (Å²) in [5, 5.41) is 20.7. The van der Waals surface area contributed by atoms with Gasteiger partial charge in [-0.2, -0.15) is 0 Å². The van der Waals surface area contributed by atoms with Gasteiger partial charge in [0.1, 0.15) is 30.8 Å². The van der Waals surface area contributed by atoms with Crippen molar-refractivity contribution in [1.29, 1.82) is 0 Å². The molecule has 4 aromatic rings. The minimum atomic E-state index is -1.19. The third-order valence-electron chi connectivity index (χ3n) is 10.3. The number of carbonyl (C=O) groups excluding carboxylic acids is 4. The predicted molar refractivity (Wildman–Crippen MR) is 222 cm³/mol. The summed E-state index contributed by atoms with van der Waals surface area (Å²) in [4.78, 5) is 67.4. The molecule has 0 saturated carbocycles. The van der Waals surface area contributed by atoms with Crippen molar-refractivity contribution >= 4 is 29.8 Å². The number of hydrogen-bond acceptors (Lipinski definition) is 8. The number of benzene rings is 4. The minimum Gasteiger partial charge on any atom is -0.480 e. The normalized spacial score (nSPS) is 13.8. The van der Waals surface area contributed by atoms with E-state index in [9.17, 15) is 29.1 Å². The molecule has 0 heterocycles. The first-order valence-corrected chi connectivity index (χ1v) is 19.9. The van der Waals surface area contributed by atoms with Crippen molar-refractivity contribution in [3.8, 4) is 11.1 Å². The standard InChI is InChI=1S/C45H54N6O7/c46-25-13-11-23-37(41(52)49-38(44(55)56)24-12-14-26-47)48-42(53)39(27-30-15-3-1-4-16-30)50-43(54)40(28-31-17-5-2-6-18-31)51-45(57)58-29-36-34-21-9-7-19-32(34)33-20-8-10-22-35(33)36/h1-10,15-22,36-40H,11-14,23-29,46-47H2,(H,48,53)(H,49,52)(H,50,54)(H,51,57)(H,55,56)/t37-,38-,39-,40-/m0/s1. The number of hydrogen-bond donors (Lipinski definition) is 7. The largest absolute Gasteiger partial charge is 0.480 e. The number of aliphatic carboxylic acids is 1. The van der Waals surface area contributed by atoms with E-state index in [4.69, 9.17) is 16.2 Å². The van der Waals surface area contributed by atoms with E-state index >= 15 is 0 Å². The zero-order valence-electron chi connectivity index (χ0n) is 32.6. The van der Waals surface area contributed by atoms with E-state index in [2.05, 4.69) is 21.3 Å². The Balaban J connectivity index is 1.33. The third kappa shape index (κ3) is 12.2. The van der Waals surface area contributed by atoms with E-state index in [0.29, 0.717) is 38.8 Å². The molecule has 0 unspecified atom stereocenters. The number of amides is 4. The number of carbonyl (C=O) groups is 5. The van der Waals surface area contributed by atoms with Crippen LogP contribution in [0.5, 0.6) is 0 Å². The fraction of sp³-hybridized carbons (Fsp3) is 0.356. The topological polar surface area (TPSA) is 215 Å². The highest BCUT2D eigenvalue weighted by molar-refractivity contribution is 5.95. The van der Waals surface area contributed by atoms with Crippen molar-refractivity contribution in [3.63, 3.8) is 0 Å². The second kappa shape index (κ2) is 22.0. The van der Waals surface area contributed by atoms with Gasteiger partial charge in [-0.3, -0.25) is 14.4 Å². The van der Waals surface area contributed by atoms with E-state index in [1.54, 1.807) is 0 Å². The Kier molecular flexibility index (Phi) is 16.4. The Morgan fingerprint density at radius 2 is 0.948 bits per heavy atom. The molecule has 0 radical (unpaired) electrons. The Morgan fingerprint density at radius 1 is 0.534 bits per heavy atom. The van der Waals surface area contributed by atoms with Gasteiger partial charge in [-0.05, 0) is 85.0 Å². The van der Waals surface area contributed by atoms with Crippen LogP contribution in [0.1, 0.15) is 66.7 Å². The van der Waals surface area contributed by atoms with Crippen LogP contribution < -0.4 is 32.7 Å². The molecule has 13 nitrogen and oxygen atoms in total. The highest BCUT2D eigenvalue weighted by Gasteiger charge is 2.33. The summed E-state index contributed by atoms with van der Waals surface area (Å²) in [6.45, 7) is 0.799. The van der Waals surface area contributed by atoms with Gasteiger partial charge in [0.2, 0.25) is 17.7 Å². The number of fused-ring (bicyclic) bond motifs is 3. The van der Waals surface area contributed by atoms with Crippen molar-refractivity contribution in [1.82, 2.24) is 21.3 Å². The number of ether oxygens (including phenoxy) is 1. The number of carboxylic acids is 1. The molecule has 0 bridgehead atoms. The lowest BCUT2D eigenvalue weighted by atomic mass is 9.98. The van der Waals surface area contributed by atoms with Gasteiger partial charge >= 0.3 is 12.1 Å². The van der Waals surface area contributed by atoms with Crippen LogP contribution in [-0.2, 0) is 36.8 Å². The Hall–Kier alpha value is -6.05. The Labute approximate surface area is 339 Å². The number of unbranched alkanes of at least 4 members (excludes halogenated alkanes) is 2. The maximum absolute atomic E-state index is 14.2. The quantitative estimate of drug-likeness (QED) is 0.0568. The van der Waals surface area contributed by atoms with Crippen molar-refractivity contribution in [3.05, 3.63) is 131 Å². The van der Waals surface area contributed by atoms with Crippen molar-refractivity contribution in [2.24, 2.45) is 11.5 Å². The first-order chi connectivity index (χ1) is 28.2. The molecule has 0 aromatic heterocycles. The molecular weight excluding hydrogens is 737 g/mol. The number of nitrogens with two attached hydrogens (primary N) is 2. The SMILES string of the molecule is NCCCC[C@H](NC(=O)[C@H](CCCCN)NC(=O)[C@H](Cc1ccccc1)NC(=O)[C@H](Cc1ccccc1)NC(=O)OCC1c2ccccc2-c2ccccc21)C(=O)O. The molecule has 4 aromatic carbocycles. The predicted octanol–water partition coefficient (Wildman–Crippen LogP) is 4.18. The number of rotatable bonds is 22. The smallest absolute Gasteiger partial charge is 0.407 e. The van der Waals surface area contributed by atoms with E-state index in [-0.39, 0.29) is 38.2 Å². The summed E-state index contributed by atoms with van der Waals surface area (Å²) in [6, 6.07) is 29.6. The maximum atomic E-state index is 14.2. The Morgan fingerprint density at radius 3 is 1.45 bits per heavy atom. The van der Waals surface area contributed by atoms with Crippen LogP contribution in [0, 0.1) is 0 Å². The monoisotopic (exact) mass is 790 g/mol. The lowest BCUT2D eigenvalue weighted by Crippen LogP contribution is -2.58. The molecule has 13 heteroatoms. The van der Waals surface area contributed by atoms with Crippen LogP contribution >= 0.6 is 0 Å². The average Bonchev–Trinajstić information content (AvgIpc) is 3.55. The molecule has 0 fully saturated rings. The van der Waals surface area contributed by atoms with E-state index in [1.165, 1.54) is 0 Å². The van der Waals surface area contributed by atoms with E-state index < -0.39 is 54.0 Å². The van der Waals surface area contributed by atoms with Gasteiger partial charge < -0.3 is 42.6 Å². The van der Waals surface area contributed by atoms with Crippen LogP contribution in [0.3, 0.4) is 0 Å². The van der Waals surface area contributed by atoms with Crippen LogP contribution in [0.15, 0.2) is 109 Å². The van der Waals surface area contributed by atoms with Gasteiger partial charge in [-0.15, -0.1) is 0 Å². The number of alkyl carbamates (subject to hydrolysis) is 1. The summed E-state index contributed by atoms with van der Waals surface area (Å²) in [6.07, 6.45) is 1.89. The highest BCUT2D eigenvalue weighted by Crippen LogP contribution is 2.44. The molecule has 0 saturated heterocycles. The average molecular weight is 791 g/mol. The van der Waals surface area contributed by atoms with Gasteiger partial charge in [0.25, 0.3) is 0 Å². The zero-order chi connectivity index (χ0) is 41.3. The molecule has 4 amide bonds. The zero-order valence-corrected chi connectivity index (χ0v) is 32.6. The fourth-order valence-electron chi connectivity index (χ4n) is 7.23. The van der Waals surface area contributed by atoms with Crippen LogP contribution in [0.4, 0.5) is 4.79 Å². The van der Waals surface area contributed by atoms with Gasteiger partial charge in [0.05, 0.1) is 0 Å².